The van der Waals surface area contributed by atoms with Crippen molar-refractivity contribution in [3.63, 3.8) is 0 Å². The first-order valence-corrected chi connectivity index (χ1v) is 11.2. The molecule has 2 aromatic heterocycles. The Hall–Kier alpha value is -4.02. The summed E-state index contributed by atoms with van der Waals surface area (Å²) in [7, 11) is 0. The molecule has 0 radical (unpaired) electrons. The predicted molar refractivity (Wildman–Crippen MR) is 124 cm³/mol. The monoisotopic (exact) mass is 478 g/mol. The van der Waals surface area contributed by atoms with E-state index in [0.29, 0.717) is 37.4 Å². The zero-order chi connectivity index (χ0) is 25.2. The number of piperidine rings is 1. The van der Waals surface area contributed by atoms with Gasteiger partial charge >= 0.3 is 0 Å². The second kappa shape index (κ2) is 9.69. The Morgan fingerprint density at radius 1 is 1.20 bits per heavy atom. The minimum Gasteiger partial charge on any atom is -0.380 e. The third-order valence-corrected chi connectivity index (χ3v) is 6.60. The van der Waals surface area contributed by atoms with E-state index >= 15 is 0 Å². The highest BCUT2D eigenvalue weighted by Crippen LogP contribution is 2.37. The lowest BCUT2D eigenvalue weighted by molar-refractivity contribution is -0.154. The molecule has 0 bridgehead atoms. The number of hydrogen-bond acceptors (Lipinski definition) is 6. The number of hydrogen-bond donors (Lipinski definition) is 1. The first-order valence-electron chi connectivity index (χ1n) is 11.2. The largest absolute Gasteiger partial charge is 0.380 e. The Kier molecular flexibility index (Phi) is 6.68. The van der Waals surface area contributed by atoms with Gasteiger partial charge in [-0.15, -0.1) is 12.8 Å². The number of benzene rings is 1. The smallest absolute Gasteiger partial charge is 0.255 e. The lowest BCUT2D eigenvalue weighted by Gasteiger charge is -2.41. The van der Waals surface area contributed by atoms with Crippen molar-refractivity contribution in [3.8, 4) is 18.9 Å². The van der Waals surface area contributed by atoms with E-state index in [-0.39, 0.29) is 36.0 Å². The number of nitrogens with zero attached hydrogens (tertiary/aromatic N) is 6. The Balaban J connectivity index is 0.00000141. The van der Waals surface area contributed by atoms with Gasteiger partial charge in [0, 0.05) is 38.7 Å². The van der Waals surface area contributed by atoms with Crippen LogP contribution in [0, 0.1) is 35.8 Å². The van der Waals surface area contributed by atoms with Gasteiger partial charge in [-0.3, -0.25) is 4.79 Å². The summed E-state index contributed by atoms with van der Waals surface area (Å²) in [5.41, 5.74) is -0.657. The molecule has 1 aromatic carbocycles. The molecule has 0 unspecified atom stereocenters. The topological polar surface area (TPSA) is 97.8 Å². The van der Waals surface area contributed by atoms with Crippen LogP contribution in [0.25, 0.3) is 5.65 Å². The summed E-state index contributed by atoms with van der Waals surface area (Å²) in [5, 5.41) is 24.5. The van der Waals surface area contributed by atoms with Gasteiger partial charge < -0.3 is 14.9 Å². The predicted octanol–water partition coefficient (Wildman–Crippen LogP) is 2.82. The zero-order valence-electron chi connectivity index (χ0n) is 18.9. The summed E-state index contributed by atoms with van der Waals surface area (Å²) in [6.07, 6.45) is 12.4. The van der Waals surface area contributed by atoms with Gasteiger partial charge in [0.05, 0.1) is 23.9 Å². The summed E-state index contributed by atoms with van der Waals surface area (Å²) >= 11 is 0. The average molecular weight is 479 g/mol. The average Bonchev–Trinajstić information content (AvgIpc) is 3.52. The molecule has 2 aliphatic rings. The van der Waals surface area contributed by atoms with Crippen molar-refractivity contribution < 1.29 is 18.7 Å². The molecule has 2 saturated heterocycles. The van der Waals surface area contributed by atoms with E-state index in [1.807, 2.05) is 11.0 Å². The van der Waals surface area contributed by atoms with Crippen LogP contribution in [0.2, 0.25) is 0 Å². The fourth-order valence-corrected chi connectivity index (χ4v) is 4.90. The minimum absolute atomic E-state index is 0.121. The lowest BCUT2D eigenvalue weighted by atomic mass is 9.89. The van der Waals surface area contributed by atoms with Crippen LogP contribution in [0.4, 0.5) is 14.6 Å². The number of amides is 1. The molecule has 0 saturated carbocycles. The van der Waals surface area contributed by atoms with Crippen molar-refractivity contribution in [1.29, 1.82) is 5.26 Å². The number of fused-ring (bicyclic) bond motifs is 1. The number of nitriles is 1. The number of anilines is 1. The Bertz CT molecular complexity index is 1310. The normalized spacial score (nSPS) is 19.1. The fraction of sp³-hybridized carbons (Fsp3) is 0.360. The third kappa shape index (κ3) is 4.41. The second-order valence-electron chi connectivity index (χ2n) is 8.59. The summed E-state index contributed by atoms with van der Waals surface area (Å²) in [6.45, 7) is 1.21. The van der Waals surface area contributed by atoms with Crippen molar-refractivity contribution >= 4 is 17.4 Å². The van der Waals surface area contributed by atoms with E-state index in [0.717, 1.165) is 18.7 Å². The van der Waals surface area contributed by atoms with E-state index in [4.69, 9.17) is 5.26 Å². The van der Waals surface area contributed by atoms with Gasteiger partial charge in [0.2, 0.25) is 0 Å². The van der Waals surface area contributed by atoms with Crippen LogP contribution in [-0.4, -0.2) is 55.7 Å². The van der Waals surface area contributed by atoms with Crippen molar-refractivity contribution in [1.82, 2.24) is 19.5 Å². The van der Waals surface area contributed by atoms with Gasteiger partial charge in [0.15, 0.2) is 11.5 Å². The van der Waals surface area contributed by atoms with Crippen LogP contribution in [0.15, 0.2) is 36.7 Å². The zero-order valence-corrected chi connectivity index (χ0v) is 18.9. The Morgan fingerprint density at radius 3 is 2.66 bits per heavy atom. The molecule has 0 spiro atoms. The molecule has 4 heterocycles. The maximum absolute atomic E-state index is 14.0. The van der Waals surface area contributed by atoms with Gasteiger partial charge in [-0.05, 0) is 42.7 Å². The summed E-state index contributed by atoms with van der Waals surface area (Å²) in [4.78, 5) is 21.0. The van der Waals surface area contributed by atoms with Crippen LogP contribution in [0.1, 0.15) is 42.9 Å². The quantitative estimate of drug-likeness (QED) is 0.582. The van der Waals surface area contributed by atoms with Crippen molar-refractivity contribution in [2.45, 2.75) is 37.3 Å². The van der Waals surface area contributed by atoms with E-state index in [1.165, 1.54) is 16.8 Å². The van der Waals surface area contributed by atoms with Gasteiger partial charge in [0.25, 0.3) is 5.91 Å². The minimum atomic E-state index is -1.55. The Morgan fingerprint density at radius 2 is 1.94 bits per heavy atom. The molecule has 1 N–H and O–H groups in total. The van der Waals surface area contributed by atoms with Crippen molar-refractivity contribution in [3.05, 3.63) is 59.4 Å². The van der Waals surface area contributed by atoms with Gasteiger partial charge in [0.1, 0.15) is 17.2 Å². The number of carbonyl (C=O) groups excluding carboxylic acids is 1. The van der Waals surface area contributed by atoms with Crippen LogP contribution in [-0.2, 0) is 4.79 Å². The standard InChI is InChI=1S/C23H22F2N6O2.C2H2/c24-17-11-15(13-26)10-16(12-17)19-2-1-7-30(19)22(32)23(33)4-8-29(9-5-23)20-3-6-27-21-18(25)14-28-31(20)21;1-2/h3,6,10-12,14,19,33H,1-2,4-5,7-9H2;1-2H/t19-;/m0./s1. The molecule has 10 heteroatoms. The van der Waals surface area contributed by atoms with Crippen LogP contribution >= 0.6 is 0 Å². The van der Waals surface area contributed by atoms with E-state index < -0.39 is 17.2 Å². The first kappa shape index (κ1) is 24.1. The van der Waals surface area contributed by atoms with Crippen LogP contribution < -0.4 is 4.90 Å². The van der Waals surface area contributed by atoms with Crippen molar-refractivity contribution in [2.24, 2.45) is 0 Å². The Labute approximate surface area is 201 Å². The molecule has 5 rings (SSSR count). The highest BCUT2D eigenvalue weighted by Gasteiger charge is 2.45. The maximum Gasteiger partial charge on any atom is 0.255 e. The number of rotatable bonds is 3. The highest BCUT2D eigenvalue weighted by atomic mass is 19.1. The molecule has 3 aromatic rings. The number of terminal acetylenes is 1. The van der Waals surface area contributed by atoms with Crippen molar-refractivity contribution in [2.75, 3.05) is 24.5 Å². The summed E-state index contributed by atoms with van der Waals surface area (Å²) in [6, 6.07) is 7.40. The molecule has 2 fully saturated rings. The first-order chi connectivity index (χ1) is 16.9. The van der Waals surface area contributed by atoms with E-state index in [2.05, 4.69) is 22.9 Å². The highest BCUT2D eigenvalue weighted by molar-refractivity contribution is 5.86. The number of likely N-dealkylation sites (tertiary alicyclic amines) is 1. The lowest BCUT2D eigenvalue weighted by Crippen LogP contribution is -2.55. The molecule has 1 atom stereocenters. The van der Waals surface area contributed by atoms with E-state index in [1.54, 1.807) is 17.0 Å². The number of aromatic nitrogens is 3. The van der Waals surface area contributed by atoms with Gasteiger partial charge in [-0.1, -0.05) is 0 Å². The SMILES string of the molecule is C#C.N#Cc1cc(F)cc([C@@H]2CCCN2C(=O)C2(O)CCN(c3ccnc4c(F)cnn34)CC2)c1. The van der Waals surface area contributed by atoms with Gasteiger partial charge in [-0.2, -0.15) is 14.9 Å². The van der Waals surface area contributed by atoms with Crippen LogP contribution in [0.3, 0.4) is 0 Å². The number of aliphatic hydroxyl groups is 1. The molecule has 1 amide bonds. The fourth-order valence-electron chi connectivity index (χ4n) is 4.90. The number of halogens is 2. The maximum atomic E-state index is 14.0. The molecule has 2 aliphatic heterocycles. The molecular formula is C25H24F2N6O2. The van der Waals surface area contributed by atoms with Crippen LogP contribution in [0.5, 0.6) is 0 Å². The summed E-state index contributed by atoms with van der Waals surface area (Å²) in [5.74, 6) is -0.773. The molecule has 8 nitrogen and oxygen atoms in total. The summed E-state index contributed by atoms with van der Waals surface area (Å²) < 4.78 is 29.3. The molecule has 180 valence electrons. The number of carbonyl (C=O) groups is 1. The third-order valence-electron chi connectivity index (χ3n) is 6.60. The van der Waals surface area contributed by atoms with Gasteiger partial charge in [-0.25, -0.2) is 13.8 Å². The molecule has 0 aliphatic carbocycles. The van der Waals surface area contributed by atoms with E-state index in [9.17, 15) is 18.7 Å². The molecular weight excluding hydrogens is 454 g/mol. The second-order valence-corrected chi connectivity index (χ2v) is 8.59. The molecule has 35 heavy (non-hydrogen) atoms.